The predicted octanol–water partition coefficient (Wildman–Crippen LogP) is 5.74. The van der Waals surface area contributed by atoms with Crippen molar-refractivity contribution in [2.24, 2.45) is 0 Å². The minimum absolute atomic E-state index is 0.0312. The summed E-state index contributed by atoms with van der Waals surface area (Å²) in [6, 6.07) is 18.9. The Hall–Kier alpha value is -3.62. The molecule has 0 bridgehead atoms. The average Bonchev–Trinajstić information content (AvgIpc) is 3.22. The lowest BCUT2D eigenvalue weighted by Crippen LogP contribution is -2.25. The summed E-state index contributed by atoms with van der Waals surface area (Å²) in [5.74, 6) is -1.07. The number of hydrogen-bond donors (Lipinski definition) is 1. The molecule has 7 nitrogen and oxygen atoms in total. The number of benzene rings is 3. The van der Waals surface area contributed by atoms with Gasteiger partial charge in [-0.05, 0) is 69.3 Å². The van der Waals surface area contributed by atoms with E-state index in [1.165, 1.54) is 24.4 Å². The van der Waals surface area contributed by atoms with Crippen LogP contribution in [-0.2, 0) is 14.8 Å². The van der Waals surface area contributed by atoms with Gasteiger partial charge in [-0.25, -0.2) is 17.2 Å². The molecule has 1 amide bonds. The topological polar surface area (TPSA) is 94.5 Å². The summed E-state index contributed by atoms with van der Waals surface area (Å²) in [5.41, 5.74) is 0.354. The summed E-state index contributed by atoms with van der Waals surface area (Å²) >= 11 is 5.99. The van der Waals surface area contributed by atoms with Crippen LogP contribution < -0.4 is 5.32 Å². The first-order valence-electron chi connectivity index (χ1n) is 10.7. The Bertz CT molecular complexity index is 1550. The van der Waals surface area contributed by atoms with E-state index in [0.29, 0.717) is 15.9 Å². The fraction of sp³-hybridized carbons (Fsp3) is 0.154. The Morgan fingerprint density at radius 2 is 1.69 bits per heavy atom. The van der Waals surface area contributed by atoms with E-state index < -0.39 is 27.5 Å². The van der Waals surface area contributed by atoms with Gasteiger partial charge in [0.25, 0.3) is 15.9 Å². The quantitative estimate of drug-likeness (QED) is 0.345. The van der Waals surface area contributed by atoms with Crippen LogP contribution in [0.4, 0.5) is 5.69 Å². The molecule has 35 heavy (non-hydrogen) atoms. The van der Waals surface area contributed by atoms with Gasteiger partial charge in [0.1, 0.15) is 5.60 Å². The van der Waals surface area contributed by atoms with E-state index in [9.17, 15) is 18.0 Å². The number of para-hydroxylation sites is 1. The van der Waals surface area contributed by atoms with Gasteiger partial charge < -0.3 is 10.1 Å². The van der Waals surface area contributed by atoms with E-state index in [2.05, 4.69) is 5.32 Å². The Kier molecular flexibility index (Phi) is 6.44. The van der Waals surface area contributed by atoms with Gasteiger partial charge in [0, 0.05) is 22.2 Å². The number of ether oxygens (including phenoxy) is 1. The van der Waals surface area contributed by atoms with Crippen molar-refractivity contribution in [1.82, 2.24) is 3.97 Å². The van der Waals surface area contributed by atoms with Gasteiger partial charge in [-0.3, -0.25) is 4.79 Å². The molecule has 9 heteroatoms. The van der Waals surface area contributed by atoms with Crippen molar-refractivity contribution < 1.29 is 22.7 Å². The van der Waals surface area contributed by atoms with Crippen LogP contribution in [-0.4, -0.2) is 29.9 Å². The fourth-order valence-corrected chi connectivity index (χ4v) is 5.14. The second kappa shape index (κ2) is 9.20. The van der Waals surface area contributed by atoms with E-state index in [1.807, 2.05) is 0 Å². The number of esters is 1. The first-order chi connectivity index (χ1) is 16.5. The lowest BCUT2D eigenvalue weighted by Gasteiger charge is -2.20. The smallest absolute Gasteiger partial charge is 0.340 e. The molecular formula is C26H23ClN2O5S. The number of aromatic nitrogens is 1. The molecule has 4 rings (SSSR count). The lowest BCUT2D eigenvalue weighted by molar-refractivity contribution is 0.00707. The van der Waals surface area contributed by atoms with Crippen LogP contribution in [0.5, 0.6) is 0 Å². The van der Waals surface area contributed by atoms with Crippen LogP contribution >= 0.6 is 11.6 Å². The number of carbonyl (C=O) groups excluding carboxylic acids is 2. The number of rotatable bonds is 5. The number of nitrogens with zero attached hydrogens (tertiary/aromatic N) is 1. The summed E-state index contributed by atoms with van der Waals surface area (Å²) < 4.78 is 33.0. The Balaban J connectivity index is 1.68. The van der Waals surface area contributed by atoms with E-state index in [1.54, 1.807) is 75.4 Å². The molecule has 3 aromatic carbocycles. The van der Waals surface area contributed by atoms with Crippen LogP contribution in [0.15, 0.2) is 83.9 Å². The molecule has 180 valence electrons. The normalized spacial score (nSPS) is 11.9. The van der Waals surface area contributed by atoms with Crippen LogP contribution in [0, 0.1) is 0 Å². The van der Waals surface area contributed by atoms with Crippen molar-refractivity contribution in [3.8, 4) is 0 Å². The van der Waals surface area contributed by atoms with Crippen molar-refractivity contribution in [3.63, 3.8) is 0 Å². The molecule has 0 unspecified atom stereocenters. The van der Waals surface area contributed by atoms with Gasteiger partial charge in [-0.2, -0.15) is 0 Å². The minimum atomic E-state index is -3.94. The molecule has 0 atom stereocenters. The van der Waals surface area contributed by atoms with Gasteiger partial charge in [0.05, 0.1) is 21.7 Å². The molecule has 1 heterocycles. The molecule has 0 radical (unpaired) electrons. The summed E-state index contributed by atoms with van der Waals surface area (Å²) in [5, 5.41) is 3.67. The minimum Gasteiger partial charge on any atom is -0.456 e. The van der Waals surface area contributed by atoms with Crippen molar-refractivity contribution in [2.45, 2.75) is 31.3 Å². The number of carbonyl (C=O) groups is 2. The molecule has 0 aliphatic heterocycles. The van der Waals surface area contributed by atoms with Crippen LogP contribution in [0.3, 0.4) is 0 Å². The summed E-state index contributed by atoms with van der Waals surface area (Å²) in [6.45, 7) is 5.27. The monoisotopic (exact) mass is 510 g/mol. The number of fused-ring (bicyclic) bond motifs is 1. The van der Waals surface area contributed by atoms with Gasteiger partial charge in [0.15, 0.2) is 0 Å². The number of halogens is 1. The highest BCUT2D eigenvalue weighted by Gasteiger charge is 2.23. The first-order valence-corrected chi connectivity index (χ1v) is 12.5. The van der Waals surface area contributed by atoms with Crippen molar-refractivity contribution in [2.75, 3.05) is 5.32 Å². The summed E-state index contributed by atoms with van der Waals surface area (Å²) in [7, 11) is -3.94. The van der Waals surface area contributed by atoms with Crippen molar-refractivity contribution >= 4 is 50.1 Å². The van der Waals surface area contributed by atoms with E-state index >= 15 is 0 Å². The third-order valence-corrected chi connectivity index (χ3v) is 6.99. The Labute approximate surface area is 208 Å². The second-order valence-electron chi connectivity index (χ2n) is 8.85. The second-order valence-corrected chi connectivity index (χ2v) is 11.1. The standard InChI is InChI=1S/C26H23ClN2O5S/c1-26(2,3)34-25(31)21-9-4-5-10-22(21)28-24(30)18-12-11-17-13-14-29(23(17)15-18)35(32,33)20-8-6-7-19(27)16-20/h4-16H,1-3H3,(H,28,30). The summed E-state index contributed by atoms with van der Waals surface area (Å²) in [6.07, 6.45) is 1.43. The maximum absolute atomic E-state index is 13.2. The average molecular weight is 511 g/mol. The Morgan fingerprint density at radius 3 is 2.40 bits per heavy atom. The van der Waals surface area contributed by atoms with Crippen LogP contribution in [0.25, 0.3) is 10.9 Å². The number of nitrogens with one attached hydrogen (secondary N) is 1. The largest absolute Gasteiger partial charge is 0.456 e. The molecule has 0 fully saturated rings. The third-order valence-electron chi connectivity index (χ3n) is 5.07. The molecule has 0 aliphatic carbocycles. The van der Waals surface area contributed by atoms with Gasteiger partial charge in [0.2, 0.25) is 0 Å². The van der Waals surface area contributed by atoms with E-state index in [0.717, 1.165) is 3.97 Å². The molecular weight excluding hydrogens is 488 g/mol. The SMILES string of the molecule is CC(C)(C)OC(=O)c1ccccc1NC(=O)c1ccc2ccn(S(=O)(=O)c3cccc(Cl)c3)c2c1. The zero-order valence-electron chi connectivity index (χ0n) is 19.3. The highest BCUT2D eigenvalue weighted by Crippen LogP contribution is 2.26. The number of amides is 1. The van der Waals surface area contributed by atoms with E-state index in [4.69, 9.17) is 16.3 Å². The number of hydrogen-bond acceptors (Lipinski definition) is 5. The van der Waals surface area contributed by atoms with Gasteiger partial charge in [-0.1, -0.05) is 35.9 Å². The molecule has 4 aromatic rings. The molecule has 0 spiro atoms. The maximum Gasteiger partial charge on any atom is 0.340 e. The highest BCUT2D eigenvalue weighted by atomic mass is 35.5. The molecule has 0 saturated heterocycles. The van der Waals surface area contributed by atoms with Gasteiger partial charge >= 0.3 is 5.97 Å². The molecule has 1 aromatic heterocycles. The first kappa shape index (κ1) is 24.5. The van der Waals surface area contributed by atoms with Crippen molar-refractivity contribution in [1.29, 1.82) is 0 Å². The van der Waals surface area contributed by atoms with E-state index in [-0.39, 0.29) is 21.7 Å². The molecule has 1 N–H and O–H groups in total. The van der Waals surface area contributed by atoms with Crippen LogP contribution in [0.2, 0.25) is 5.02 Å². The third kappa shape index (κ3) is 5.23. The zero-order valence-corrected chi connectivity index (χ0v) is 20.9. The lowest BCUT2D eigenvalue weighted by atomic mass is 10.1. The van der Waals surface area contributed by atoms with Crippen LogP contribution in [0.1, 0.15) is 41.5 Å². The predicted molar refractivity (Wildman–Crippen MR) is 136 cm³/mol. The molecule has 0 saturated carbocycles. The summed E-state index contributed by atoms with van der Waals surface area (Å²) in [4.78, 5) is 25.7. The molecule has 0 aliphatic rings. The Morgan fingerprint density at radius 1 is 0.943 bits per heavy atom. The highest BCUT2D eigenvalue weighted by molar-refractivity contribution is 7.90. The van der Waals surface area contributed by atoms with Crippen molar-refractivity contribution in [3.05, 3.63) is 95.1 Å². The number of anilines is 1. The fourth-order valence-electron chi connectivity index (χ4n) is 3.49. The van der Waals surface area contributed by atoms with Gasteiger partial charge in [-0.15, -0.1) is 0 Å². The zero-order chi connectivity index (χ0) is 25.4. The maximum atomic E-state index is 13.2.